The Balaban J connectivity index is 2.59. The number of rotatable bonds is 6. The number of aromatic nitrogens is 1. The lowest BCUT2D eigenvalue weighted by Crippen LogP contribution is -2.44. The summed E-state index contributed by atoms with van der Waals surface area (Å²) in [4.78, 5) is 26.8. The standard InChI is InChI=1S/C13H15N3O2/c1-2-3-4-5-11(12(14)17)16-13(18)10-6-8-15-9-7-10/h1,6-9,11H,3-5H2,(H2,14,17)(H,16,18)/t11-/m0/s1. The molecule has 0 aliphatic carbocycles. The zero-order valence-electron chi connectivity index (χ0n) is 9.93. The number of unbranched alkanes of at least 4 members (excludes halogenated alkanes) is 1. The molecule has 0 saturated heterocycles. The van der Waals surface area contributed by atoms with Crippen LogP contribution in [0.5, 0.6) is 0 Å². The Kier molecular flexibility index (Phi) is 5.39. The van der Waals surface area contributed by atoms with Crippen molar-refractivity contribution < 1.29 is 9.59 Å². The maximum atomic E-state index is 11.8. The lowest BCUT2D eigenvalue weighted by Gasteiger charge is -2.14. The van der Waals surface area contributed by atoms with Crippen LogP contribution in [0.4, 0.5) is 0 Å². The fourth-order valence-electron chi connectivity index (χ4n) is 1.44. The number of primary amides is 1. The largest absolute Gasteiger partial charge is 0.368 e. The molecule has 0 spiro atoms. The SMILES string of the molecule is C#CCCC[C@H](NC(=O)c1ccncc1)C(N)=O. The van der Waals surface area contributed by atoms with E-state index >= 15 is 0 Å². The Morgan fingerprint density at radius 3 is 2.67 bits per heavy atom. The number of nitrogens with two attached hydrogens (primary N) is 1. The summed E-state index contributed by atoms with van der Waals surface area (Å²) in [6, 6.07) is 2.43. The summed E-state index contributed by atoms with van der Waals surface area (Å²) in [6.07, 6.45) is 9.77. The Hall–Kier alpha value is -2.35. The smallest absolute Gasteiger partial charge is 0.252 e. The highest BCUT2D eigenvalue weighted by Gasteiger charge is 2.18. The third-order valence-electron chi connectivity index (χ3n) is 2.41. The molecule has 0 bridgehead atoms. The number of carbonyl (C=O) groups excluding carboxylic acids is 2. The Bertz CT molecular complexity index is 451. The number of hydrogen-bond donors (Lipinski definition) is 2. The van der Waals surface area contributed by atoms with Gasteiger partial charge in [0, 0.05) is 24.4 Å². The van der Waals surface area contributed by atoms with Crippen molar-refractivity contribution in [2.45, 2.75) is 25.3 Å². The van der Waals surface area contributed by atoms with Crippen LogP contribution in [0.3, 0.4) is 0 Å². The van der Waals surface area contributed by atoms with Crippen LogP contribution in [0.25, 0.3) is 0 Å². The zero-order chi connectivity index (χ0) is 13.4. The molecule has 5 heteroatoms. The third-order valence-corrected chi connectivity index (χ3v) is 2.41. The molecule has 0 fully saturated rings. The van der Waals surface area contributed by atoms with Gasteiger partial charge in [-0.25, -0.2) is 0 Å². The van der Waals surface area contributed by atoms with E-state index in [1.807, 2.05) is 0 Å². The maximum Gasteiger partial charge on any atom is 0.252 e. The summed E-state index contributed by atoms with van der Waals surface area (Å²) < 4.78 is 0. The number of pyridine rings is 1. The van der Waals surface area contributed by atoms with Crippen LogP contribution in [0.1, 0.15) is 29.6 Å². The molecule has 0 unspecified atom stereocenters. The van der Waals surface area contributed by atoms with Gasteiger partial charge in [0.25, 0.3) is 5.91 Å². The normalized spacial score (nSPS) is 11.3. The molecule has 94 valence electrons. The van der Waals surface area contributed by atoms with Crippen LogP contribution < -0.4 is 11.1 Å². The molecule has 18 heavy (non-hydrogen) atoms. The first-order chi connectivity index (χ1) is 8.65. The molecule has 0 aliphatic heterocycles. The van der Waals surface area contributed by atoms with E-state index in [-0.39, 0.29) is 5.91 Å². The van der Waals surface area contributed by atoms with Gasteiger partial charge in [-0.3, -0.25) is 14.6 Å². The highest BCUT2D eigenvalue weighted by molar-refractivity contribution is 5.97. The maximum absolute atomic E-state index is 11.8. The second kappa shape index (κ2) is 7.07. The fourth-order valence-corrected chi connectivity index (χ4v) is 1.44. The molecule has 1 heterocycles. The van der Waals surface area contributed by atoms with Gasteiger partial charge in [-0.2, -0.15) is 0 Å². The fraction of sp³-hybridized carbons (Fsp3) is 0.308. The number of terminal acetylenes is 1. The van der Waals surface area contributed by atoms with E-state index < -0.39 is 11.9 Å². The lowest BCUT2D eigenvalue weighted by molar-refractivity contribution is -0.120. The predicted molar refractivity (Wildman–Crippen MR) is 67.4 cm³/mol. The molecule has 0 aliphatic rings. The Morgan fingerprint density at radius 2 is 2.11 bits per heavy atom. The van der Waals surface area contributed by atoms with Crippen molar-refractivity contribution in [1.82, 2.24) is 10.3 Å². The van der Waals surface area contributed by atoms with Gasteiger partial charge in [-0.1, -0.05) is 0 Å². The minimum absolute atomic E-state index is 0.345. The van der Waals surface area contributed by atoms with Crippen molar-refractivity contribution in [3.8, 4) is 12.3 Å². The van der Waals surface area contributed by atoms with E-state index in [1.54, 1.807) is 12.1 Å². The van der Waals surface area contributed by atoms with Gasteiger partial charge in [0.2, 0.25) is 5.91 Å². The molecule has 1 atom stereocenters. The van der Waals surface area contributed by atoms with Crippen LogP contribution in [-0.2, 0) is 4.79 Å². The quantitative estimate of drug-likeness (QED) is 0.564. The number of nitrogens with zero attached hydrogens (tertiary/aromatic N) is 1. The highest BCUT2D eigenvalue weighted by atomic mass is 16.2. The first kappa shape index (κ1) is 13.7. The second-order valence-corrected chi connectivity index (χ2v) is 3.76. The molecule has 3 N–H and O–H groups in total. The van der Waals surface area contributed by atoms with Gasteiger partial charge in [-0.15, -0.1) is 12.3 Å². The van der Waals surface area contributed by atoms with E-state index in [2.05, 4.69) is 16.2 Å². The second-order valence-electron chi connectivity index (χ2n) is 3.76. The summed E-state index contributed by atoms with van der Waals surface area (Å²) >= 11 is 0. The summed E-state index contributed by atoms with van der Waals surface area (Å²) in [5.41, 5.74) is 5.67. The Labute approximate surface area is 106 Å². The van der Waals surface area contributed by atoms with Gasteiger partial charge >= 0.3 is 0 Å². The summed E-state index contributed by atoms with van der Waals surface area (Å²) in [7, 11) is 0. The van der Waals surface area contributed by atoms with Crippen molar-refractivity contribution in [3.63, 3.8) is 0 Å². The number of nitrogens with one attached hydrogen (secondary N) is 1. The third kappa shape index (κ3) is 4.26. The zero-order valence-corrected chi connectivity index (χ0v) is 9.93. The first-order valence-corrected chi connectivity index (χ1v) is 5.59. The van der Waals surface area contributed by atoms with E-state index in [0.717, 1.165) is 0 Å². The van der Waals surface area contributed by atoms with E-state index in [9.17, 15) is 9.59 Å². The monoisotopic (exact) mass is 245 g/mol. The molecule has 0 radical (unpaired) electrons. The van der Waals surface area contributed by atoms with Crippen LogP contribution >= 0.6 is 0 Å². The average molecular weight is 245 g/mol. The number of amides is 2. The summed E-state index contributed by atoms with van der Waals surface area (Å²) in [6.45, 7) is 0. The highest BCUT2D eigenvalue weighted by Crippen LogP contribution is 2.03. The van der Waals surface area contributed by atoms with Crippen molar-refractivity contribution in [2.75, 3.05) is 0 Å². The van der Waals surface area contributed by atoms with Crippen molar-refractivity contribution in [2.24, 2.45) is 5.73 Å². The van der Waals surface area contributed by atoms with E-state index in [1.165, 1.54) is 12.4 Å². The van der Waals surface area contributed by atoms with Gasteiger partial charge < -0.3 is 11.1 Å². The number of carbonyl (C=O) groups is 2. The minimum Gasteiger partial charge on any atom is -0.368 e. The summed E-state index contributed by atoms with van der Waals surface area (Å²) in [5.74, 6) is 1.57. The molecule has 1 aromatic rings. The topological polar surface area (TPSA) is 85.1 Å². The predicted octanol–water partition coefficient (Wildman–Crippen LogP) is 0.469. The summed E-state index contributed by atoms with van der Waals surface area (Å²) in [5, 5.41) is 2.58. The molecule has 2 amide bonds. The van der Waals surface area contributed by atoms with Gasteiger partial charge in [0.15, 0.2) is 0 Å². The van der Waals surface area contributed by atoms with Crippen molar-refractivity contribution >= 4 is 11.8 Å². The lowest BCUT2D eigenvalue weighted by atomic mass is 10.1. The van der Waals surface area contributed by atoms with E-state index in [0.29, 0.717) is 24.8 Å². The first-order valence-electron chi connectivity index (χ1n) is 5.59. The molecular formula is C13H15N3O2. The van der Waals surface area contributed by atoms with Gasteiger partial charge in [-0.05, 0) is 25.0 Å². The van der Waals surface area contributed by atoms with Crippen LogP contribution in [-0.4, -0.2) is 22.8 Å². The minimum atomic E-state index is -0.695. The van der Waals surface area contributed by atoms with Gasteiger partial charge in [0.05, 0.1) is 0 Å². The molecule has 5 nitrogen and oxygen atoms in total. The van der Waals surface area contributed by atoms with Crippen molar-refractivity contribution in [3.05, 3.63) is 30.1 Å². The Morgan fingerprint density at radius 1 is 1.44 bits per heavy atom. The van der Waals surface area contributed by atoms with Crippen LogP contribution in [0.15, 0.2) is 24.5 Å². The van der Waals surface area contributed by atoms with E-state index in [4.69, 9.17) is 12.2 Å². The van der Waals surface area contributed by atoms with Crippen LogP contribution in [0, 0.1) is 12.3 Å². The van der Waals surface area contributed by atoms with Crippen LogP contribution in [0.2, 0.25) is 0 Å². The molecule has 1 aromatic heterocycles. The molecular weight excluding hydrogens is 230 g/mol. The van der Waals surface area contributed by atoms with Gasteiger partial charge in [0.1, 0.15) is 6.04 Å². The molecule has 1 rings (SSSR count). The number of hydrogen-bond acceptors (Lipinski definition) is 3. The molecule has 0 saturated carbocycles. The van der Waals surface area contributed by atoms with Crippen molar-refractivity contribution in [1.29, 1.82) is 0 Å². The molecule has 0 aromatic carbocycles. The average Bonchev–Trinajstić information content (AvgIpc) is 2.38.